The van der Waals surface area contributed by atoms with Crippen molar-refractivity contribution in [1.29, 1.82) is 0 Å². The first-order valence-electron chi connectivity index (χ1n) is 2.77. The molecule has 0 bridgehead atoms. The summed E-state index contributed by atoms with van der Waals surface area (Å²) in [6.45, 7) is 2.73. The first-order valence-corrected chi connectivity index (χ1v) is 2.77. The zero-order chi connectivity index (χ0) is 5.70. The van der Waals surface area contributed by atoms with Crippen LogP contribution in [-0.2, 0) is 17.1 Å². The van der Waals surface area contributed by atoms with Crippen molar-refractivity contribution in [3.05, 3.63) is 0 Å². The summed E-state index contributed by atoms with van der Waals surface area (Å²) in [5.74, 6) is 0. The van der Waals surface area contributed by atoms with Crippen LogP contribution in [-0.4, -0.2) is 12.6 Å². The first-order chi connectivity index (χ1) is 3.31. The molecular formula is C5H14CuN2. The van der Waals surface area contributed by atoms with E-state index >= 15 is 0 Å². The first kappa shape index (κ1) is 11.3. The maximum absolute atomic E-state index is 5.46. The fraction of sp³-hybridized carbons (Fsp3) is 1.00. The number of rotatable bonds is 3. The van der Waals surface area contributed by atoms with E-state index in [0.29, 0.717) is 6.54 Å². The van der Waals surface area contributed by atoms with Crippen LogP contribution < -0.4 is 11.5 Å². The van der Waals surface area contributed by atoms with Crippen molar-refractivity contribution in [3.8, 4) is 0 Å². The Morgan fingerprint density at radius 1 is 1.50 bits per heavy atom. The molecule has 0 aliphatic heterocycles. The minimum Gasteiger partial charge on any atom is -0.329 e. The molecule has 0 rings (SSSR count). The summed E-state index contributed by atoms with van der Waals surface area (Å²) in [5, 5.41) is 0. The topological polar surface area (TPSA) is 52.0 Å². The Hall–Kier alpha value is 0.439. The van der Waals surface area contributed by atoms with Gasteiger partial charge in [0.15, 0.2) is 0 Å². The van der Waals surface area contributed by atoms with E-state index in [9.17, 15) is 0 Å². The van der Waals surface area contributed by atoms with Gasteiger partial charge in [0.2, 0.25) is 0 Å². The Labute approximate surface area is 61.5 Å². The number of hydrogen-bond acceptors (Lipinski definition) is 2. The molecule has 0 amide bonds. The molecule has 0 aliphatic carbocycles. The third kappa shape index (κ3) is 6.44. The predicted molar refractivity (Wildman–Crippen MR) is 31.9 cm³/mol. The summed E-state index contributed by atoms with van der Waals surface area (Å²) in [7, 11) is 0. The second kappa shape index (κ2) is 7.44. The van der Waals surface area contributed by atoms with Gasteiger partial charge in [-0.05, 0) is 6.42 Å². The molecule has 1 radical (unpaired) electrons. The average molecular weight is 166 g/mol. The Morgan fingerprint density at radius 2 is 2.00 bits per heavy atom. The predicted octanol–water partition coefficient (Wildman–Crippen LogP) is 0.0700. The summed E-state index contributed by atoms with van der Waals surface area (Å²) in [4.78, 5) is 0. The van der Waals surface area contributed by atoms with E-state index in [4.69, 9.17) is 11.5 Å². The van der Waals surface area contributed by atoms with Gasteiger partial charge in [-0.15, -0.1) is 0 Å². The molecule has 55 valence electrons. The third-order valence-electron chi connectivity index (χ3n) is 0.962. The van der Waals surface area contributed by atoms with E-state index in [-0.39, 0.29) is 23.1 Å². The van der Waals surface area contributed by atoms with Gasteiger partial charge >= 0.3 is 0 Å². The number of nitrogens with two attached hydrogens (primary N) is 2. The zero-order valence-corrected chi connectivity index (χ0v) is 6.10. The molecule has 0 aliphatic rings. The smallest absolute Gasteiger partial charge is 0.0162 e. The van der Waals surface area contributed by atoms with Gasteiger partial charge in [0.25, 0.3) is 0 Å². The number of hydrogen-bond donors (Lipinski definition) is 2. The second-order valence-corrected chi connectivity index (χ2v) is 1.78. The Kier molecular flexibility index (Phi) is 10.5. The van der Waals surface area contributed by atoms with Gasteiger partial charge in [0.1, 0.15) is 0 Å². The minimum atomic E-state index is 0. The molecule has 4 N–H and O–H groups in total. The van der Waals surface area contributed by atoms with Crippen LogP contribution in [0.1, 0.15) is 19.8 Å². The molecule has 3 heteroatoms. The molecule has 1 unspecified atom stereocenters. The Bertz CT molecular complexity index is 41.4. The van der Waals surface area contributed by atoms with Crippen molar-refractivity contribution < 1.29 is 17.1 Å². The van der Waals surface area contributed by atoms with E-state index < -0.39 is 0 Å². The van der Waals surface area contributed by atoms with Crippen molar-refractivity contribution in [2.75, 3.05) is 6.54 Å². The molecule has 1 atom stereocenters. The Morgan fingerprint density at radius 3 is 2.12 bits per heavy atom. The SMILES string of the molecule is CCCC(N)CN.[Cu]. The molecule has 0 aromatic heterocycles. The van der Waals surface area contributed by atoms with E-state index in [2.05, 4.69) is 6.92 Å². The standard InChI is InChI=1S/C5H14N2.Cu/c1-2-3-5(7)4-6;/h5H,2-4,6-7H2,1H3;. The van der Waals surface area contributed by atoms with Crippen molar-refractivity contribution in [1.82, 2.24) is 0 Å². The molecule has 0 saturated carbocycles. The van der Waals surface area contributed by atoms with Crippen LogP contribution >= 0.6 is 0 Å². The third-order valence-corrected chi connectivity index (χ3v) is 0.962. The van der Waals surface area contributed by atoms with Crippen molar-refractivity contribution in [2.24, 2.45) is 11.5 Å². The van der Waals surface area contributed by atoms with Gasteiger partial charge in [-0.25, -0.2) is 0 Å². The fourth-order valence-electron chi connectivity index (χ4n) is 0.489. The van der Waals surface area contributed by atoms with Gasteiger partial charge in [-0.1, -0.05) is 13.3 Å². The summed E-state index contributed by atoms with van der Waals surface area (Å²) in [6, 6.07) is 0.227. The summed E-state index contributed by atoms with van der Waals surface area (Å²) in [5.41, 5.74) is 10.7. The molecule has 0 saturated heterocycles. The van der Waals surface area contributed by atoms with E-state index in [1.165, 1.54) is 0 Å². The van der Waals surface area contributed by atoms with Crippen LogP contribution in [0.5, 0.6) is 0 Å². The fourth-order valence-corrected chi connectivity index (χ4v) is 0.489. The molecule has 8 heavy (non-hydrogen) atoms. The zero-order valence-electron chi connectivity index (χ0n) is 5.15. The molecular weight excluding hydrogens is 152 g/mol. The minimum absolute atomic E-state index is 0. The van der Waals surface area contributed by atoms with Gasteiger partial charge < -0.3 is 11.5 Å². The van der Waals surface area contributed by atoms with E-state index in [1.807, 2.05) is 0 Å². The van der Waals surface area contributed by atoms with Gasteiger partial charge in [0, 0.05) is 29.7 Å². The van der Waals surface area contributed by atoms with Gasteiger partial charge in [0.05, 0.1) is 0 Å². The monoisotopic (exact) mass is 165 g/mol. The maximum atomic E-state index is 5.46. The maximum Gasteiger partial charge on any atom is 0.0162 e. The molecule has 0 heterocycles. The second-order valence-electron chi connectivity index (χ2n) is 1.78. The van der Waals surface area contributed by atoms with Crippen LogP contribution in [0.15, 0.2) is 0 Å². The van der Waals surface area contributed by atoms with Crippen LogP contribution in [0.4, 0.5) is 0 Å². The van der Waals surface area contributed by atoms with E-state index in [1.54, 1.807) is 0 Å². The normalized spacial score (nSPS) is 12.4. The van der Waals surface area contributed by atoms with E-state index in [0.717, 1.165) is 12.8 Å². The Balaban J connectivity index is 0. The van der Waals surface area contributed by atoms with Gasteiger partial charge in [-0.2, -0.15) is 0 Å². The molecule has 2 nitrogen and oxygen atoms in total. The summed E-state index contributed by atoms with van der Waals surface area (Å²) >= 11 is 0. The summed E-state index contributed by atoms with van der Waals surface area (Å²) < 4.78 is 0. The molecule has 0 aromatic rings. The van der Waals surface area contributed by atoms with Crippen molar-refractivity contribution >= 4 is 0 Å². The van der Waals surface area contributed by atoms with Gasteiger partial charge in [-0.3, -0.25) is 0 Å². The van der Waals surface area contributed by atoms with Crippen LogP contribution in [0.25, 0.3) is 0 Å². The van der Waals surface area contributed by atoms with Crippen molar-refractivity contribution in [3.63, 3.8) is 0 Å². The van der Waals surface area contributed by atoms with Crippen LogP contribution in [0.3, 0.4) is 0 Å². The molecule has 0 spiro atoms. The van der Waals surface area contributed by atoms with Crippen molar-refractivity contribution in [2.45, 2.75) is 25.8 Å². The summed E-state index contributed by atoms with van der Waals surface area (Å²) in [6.07, 6.45) is 2.19. The molecule has 0 aromatic carbocycles. The van der Waals surface area contributed by atoms with Crippen LogP contribution in [0.2, 0.25) is 0 Å². The van der Waals surface area contributed by atoms with Crippen LogP contribution in [0, 0.1) is 0 Å². The quantitative estimate of drug-likeness (QED) is 0.582. The average Bonchev–Trinajstić information content (AvgIpc) is 1.68. The largest absolute Gasteiger partial charge is 0.329 e. The molecule has 0 fully saturated rings.